The number of rotatable bonds is 5. The number of carbonyl (C=O) groups excluding carboxylic acids is 1. The van der Waals surface area contributed by atoms with Crippen molar-refractivity contribution in [1.29, 1.82) is 0 Å². The van der Waals surface area contributed by atoms with Gasteiger partial charge in [-0.05, 0) is 18.9 Å². The summed E-state index contributed by atoms with van der Waals surface area (Å²) in [6.07, 6.45) is 1.97. The highest BCUT2D eigenvalue weighted by Crippen LogP contribution is 2.22. The van der Waals surface area contributed by atoms with Crippen molar-refractivity contribution in [3.8, 4) is 0 Å². The lowest BCUT2D eigenvalue weighted by Gasteiger charge is -2.35. The van der Waals surface area contributed by atoms with Crippen molar-refractivity contribution >= 4 is 27.6 Å². The van der Waals surface area contributed by atoms with Crippen LogP contribution in [0.4, 0.5) is 5.69 Å². The van der Waals surface area contributed by atoms with E-state index in [1.54, 1.807) is 0 Å². The van der Waals surface area contributed by atoms with Gasteiger partial charge in [0.2, 0.25) is 10.0 Å². The molecule has 1 fully saturated rings. The smallest absolute Gasteiger partial charge is 0.335 e. The standard InChI is InChI=1S/C15H19N3O7S/c1-16(26(2,24)25)12-3-5-17(6-4-12)14(19)10-7-11(15(20)21)9-13(8-10)18(22)23/h7-9,12H,3-6H2,1-2H3,(H,20,21). The van der Waals surface area contributed by atoms with Gasteiger partial charge in [-0.25, -0.2) is 17.5 Å². The number of nitro benzene ring substituents is 1. The average molecular weight is 385 g/mol. The number of carboxylic acid groups (broad SMARTS) is 1. The molecule has 0 bridgehead atoms. The first-order valence-corrected chi connectivity index (χ1v) is 9.60. The molecule has 11 heteroatoms. The summed E-state index contributed by atoms with van der Waals surface area (Å²) in [5.41, 5.74) is -0.888. The van der Waals surface area contributed by atoms with Gasteiger partial charge in [0.15, 0.2) is 0 Å². The molecule has 1 saturated heterocycles. The maximum atomic E-state index is 12.6. The Morgan fingerprint density at radius 3 is 2.23 bits per heavy atom. The molecule has 142 valence electrons. The first kappa shape index (κ1) is 19.8. The number of carbonyl (C=O) groups is 2. The van der Waals surface area contributed by atoms with Crippen molar-refractivity contribution in [2.75, 3.05) is 26.4 Å². The molecule has 1 heterocycles. The topological polar surface area (TPSA) is 138 Å². The molecule has 0 saturated carbocycles. The van der Waals surface area contributed by atoms with Gasteiger partial charge in [0.25, 0.3) is 11.6 Å². The Balaban J connectivity index is 2.18. The van der Waals surface area contributed by atoms with Crippen molar-refractivity contribution in [3.05, 3.63) is 39.4 Å². The molecule has 1 aromatic rings. The Hall–Kier alpha value is -2.53. The summed E-state index contributed by atoms with van der Waals surface area (Å²) >= 11 is 0. The summed E-state index contributed by atoms with van der Waals surface area (Å²) in [6, 6.07) is 2.82. The summed E-state index contributed by atoms with van der Waals surface area (Å²) in [4.78, 5) is 35.4. The number of piperidine rings is 1. The average Bonchev–Trinajstić information content (AvgIpc) is 2.59. The molecular formula is C15H19N3O7S. The SMILES string of the molecule is CN(C1CCN(C(=O)c2cc(C(=O)O)cc([N+](=O)[O-])c2)CC1)S(C)(=O)=O. The summed E-state index contributed by atoms with van der Waals surface area (Å²) in [5, 5.41) is 20.0. The van der Waals surface area contributed by atoms with E-state index in [9.17, 15) is 28.1 Å². The van der Waals surface area contributed by atoms with Crippen molar-refractivity contribution in [2.45, 2.75) is 18.9 Å². The normalized spacial score (nSPS) is 15.9. The minimum Gasteiger partial charge on any atom is -0.478 e. The van der Waals surface area contributed by atoms with E-state index in [1.807, 2.05) is 0 Å². The van der Waals surface area contributed by atoms with E-state index in [4.69, 9.17) is 5.11 Å². The molecule has 0 radical (unpaired) electrons. The summed E-state index contributed by atoms with van der Waals surface area (Å²) in [6.45, 7) is 0.545. The van der Waals surface area contributed by atoms with Crippen LogP contribution in [-0.4, -0.2) is 72.0 Å². The number of sulfonamides is 1. The third-order valence-electron chi connectivity index (χ3n) is 4.41. The zero-order chi connectivity index (χ0) is 19.6. The molecule has 0 spiro atoms. The molecule has 1 aliphatic rings. The molecule has 1 amide bonds. The molecule has 1 aliphatic heterocycles. The Morgan fingerprint density at radius 1 is 1.23 bits per heavy atom. The molecule has 10 nitrogen and oxygen atoms in total. The second kappa shape index (κ2) is 7.38. The highest BCUT2D eigenvalue weighted by molar-refractivity contribution is 7.88. The van der Waals surface area contributed by atoms with Crippen LogP contribution in [0.25, 0.3) is 0 Å². The van der Waals surface area contributed by atoms with E-state index >= 15 is 0 Å². The molecule has 0 aliphatic carbocycles. The number of aromatic carboxylic acids is 1. The molecule has 0 aromatic heterocycles. The van der Waals surface area contributed by atoms with Crippen LogP contribution in [0.1, 0.15) is 33.6 Å². The molecule has 1 aromatic carbocycles. The molecule has 0 unspecified atom stereocenters. The van der Waals surface area contributed by atoms with E-state index in [0.29, 0.717) is 12.8 Å². The van der Waals surface area contributed by atoms with E-state index < -0.39 is 32.5 Å². The van der Waals surface area contributed by atoms with Crippen LogP contribution in [0, 0.1) is 10.1 Å². The fraction of sp³-hybridized carbons (Fsp3) is 0.467. The van der Waals surface area contributed by atoms with Crippen molar-refractivity contribution < 1.29 is 28.0 Å². The highest BCUT2D eigenvalue weighted by Gasteiger charge is 2.30. The number of hydrogen-bond acceptors (Lipinski definition) is 6. The predicted molar refractivity (Wildman–Crippen MR) is 91.6 cm³/mol. The van der Waals surface area contributed by atoms with Crippen molar-refractivity contribution in [2.24, 2.45) is 0 Å². The van der Waals surface area contributed by atoms with Gasteiger partial charge >= 0.3 is 5.97 Å². The Bertz CT molecular complexity index is 813. The second-order valence-corrected chi connectivity index (χ2v) is 8.18. The van der Waals surface area contributed by atoms with E-state index in [-0.39, 0.29) is 30.3 Å². The van der Waals surface area contributed by atoms with Gasteiger partial charge < -0.3 is 10.0 Å². The number of benzene rings is 1. The number of nitrogens with zero attached hydrogens (tertiary/aromatic N) is 3. The van der Waals surface area contributed by atoms with Crippen LogP contribution in [0.5, 0.6) is 0 Å². The van der Waals surface area contributed by atoms with E-state index in [0.717, 1.165) is 24.5 Å². The van der Waals surface area contributed by atoms with E-state index in [2.05, 4.69) is 0 Å². The lowest BCUT2D eigenvalue weighted by Crippen LogP contribution is -2.47. The first-order valence-electron chi connectivity index (χ1n) is 7.75. The maximum Gasteiger partial charge on any atom is 0.335 e. The van der Waals surface area contributed by atoms with Crippen LogP contribution in [0.2, 0.25) is 0 Å². The van der Waals surface area contributed by atoms with Crippen LogP contribution in [-0.2, 0) is 10.0 Å². The van der Waals surface area contributed by atoms with Crippen molar-refractivity contribution in [1.82, 2.24) is 9.21 Å². The monoisotopic (exact) mass is 385 g/mol. The molecule has 26 heavy (non-hydrogen) atoms. The van der Waals surface area contributed by atoms with Gasteiger partial charge in [-0.1, -0.05) is 0 Å². The molecule has 0 atom stereocenters. The third kappa shape index (κ3) is 4.35. The highest BCUT2D eigenvalue weighted by atomic mass is 32.2. The molecule has 1 N–H and O–H groups in total. The molecule has 2 rings (SSSR count). The fourth-order valence-corrected chi connectivity index (χ4v) is 3.60. The lowest BCUT2D eigenvalue weighted by atomic mass is 10.0. The van der Waals surface area contributed by atoms with Crippen LogP contribution in [0.15, 0.2) is 18.2 Å². The Morgan fingerprint density at radius 2 is 1.77 bits per heavy atom. The number of non-ortho nitro benzene ring substituents is 1. The number of hydrogen-bond donors (Lipinski definition) is 1. The minimum absolute atomic E-state index is 0.0773. The predicted octanol–water partition coefficient (Wildman–Crippen LogP) is 0.789. The van der Waals surface area contributed by atoms with Gasteiger partial charge in [-0.15, -0.1) is 0 Å². The van der Waals surface area contributed by atoms with Gasteiger partial charge in [0.1, 0.15) is 0 Å². The van der Waals surface area contributed by atoms with Crippen LogP contribution >= 0.6 is 0 Å². The van der Waals surface area contributed by atoms with E-state index in [1.165, 1.54) is 16.3 Å². The summed E-state index contributed by atoms with van der Waals surface area (Å²) < 4.78 is 24.5. The quantitative estimate of drug-likeness (QED) is 0.584. The van der Waals surface area contributed by atoms with Gasteiger partial charge in [0, 0.05) is 43.9 Å². The largest absolute Gasteiger partial charge is 0.478 e. The minimum atomic E-state index is -3.33. The number of nitro groups is 1. The Kier molecular flexibility index (Phi) is 5.62. The maximum absolute atomic E-state index is 12.6. The number of likely N-dealkylation sites (tertiary alicyclic amines) is 1. The van der Waals surface area contributed by atoms with Gasteiger partial charge in [0.05, 0.1) is 16.7 Å². The first-order chi connectivity index (χ1) is 12.0. The zero-order valence-electron chi connectivity index (χ0n) is 14.3. The summed E-state index contributed by atoms with van der Waals surface area (Å²) in [7, 11) is -1.85. The second-order valence-electron chi connectivity index (χ2n) is 6.13. The zero-order valence-corrected chi connectivity index (χ0v) is 15.1. The van der Waals surface area contributed by atoms with Crippen molar-refractivity contribution in [3.63, 3.8) is 0 Å². The lowest BCUT2D eigenvalue weighted by molar-refractivity contribution is -0.384. The number of carboxylic acids is 1. The molecular weight excluding hydrogens is 366 g/mol. The fourth-order valence-electron chi connectivity index (χ4n) is 2.85. The van der Waals surface area contributed by atoms with Crippen LogP contribution in [0.3, 0.4) is 0 Å². The third-order valence-corrected chi connectivity index (χ3v) is 5.76. The van der Waals surface area contributed by atoms with Gasteiger partial charge in [-0.3, -0.25) is 14.9 Å². The van der Waals surface area contributed by atoms with Gasteiger partial charge in [-0.2, -0.15) is 0 Å². The van der Waals surface area contributed by atoms with Crippen LogP contribution < -0.4 is 0 Å². The Labute approximate surface area is 150 Å². The summed E-state index contributed by atoms with van der Waals surface area (Å²) in [5.74, 6) is -1.88. The number of amides is 1.